The number of nitrogens with one attached hydrogen (secondary N) is 1. The lowest BCUT2D eigenvalue weighted by Crippen LogP contribution is -2.32. The van der Waals surface area contributed by atoms with Gasteiger partial charge in [0.25, 0.3) is 0 Å². The van der Waals surface area contributed by atoms with Crippen LogP contribution in [0.4, 0.5) is 0 Å². The van der Waals surface area contributed by atoms with E-state index in [0.29, 0.717) is 6.10 Å². The van der Waals surface area contributed by atoms with Crippen molar-refractivity contribution in [2.45, 2.75) is 25.4 Å². The first-order valence-electron chi connectivity index (χ1n) is 5.91. The Morgan fingerprint density at radius 1 is 1.31 bits per heavy atom. The van der Waals surface area contributed by atoms with Crippen LogP contribution in [0.5, 0.6) is 0 Å². The van der Waals surface area contributed by atoms with Crippen molar-refractivity contribution in [2.24, 2.45) is 0 Å². The fourth-order valence-electron chi connectivity index (χ4n) is 2.00. The van der Waals surface area contributed by atoms with E-state index < -0.39 is 0 Å². The Balaban J connectivity index is 1.71. The highest BCUT2D eigenvalue weighted by Crippen LogP contribution is 2.13. The summed E-state index contributed by atoms with van der Waals surface area (Å²) in [5.41, 5.74) is 1.34. The molecule has 0 amide bonds. The number of halogens is 1. The first-order chi connectivity index (χ1) is 7.84. The number of piperidine rings is 1. The fraction of sp³-hybridized carbons (Fsp3) is 0.538. The Kier molecular flexibility index (Phi) is 4.82. The number of hydrogen-bond donors (Lipinski definition) is 1. The molecule has 1 aliphatic rings. The maximum Gasteiger partial charge on any atom is 0.0599 e. The molecule has 1 aliphatic heterocycles. The molecule has 1 N–H and O–H groups in total. The van der Waals surface area contributed by atoms with E-state index in [1.165, 1.54) is 5.56 Å². The van der Waals surface area contributed by atoms with Gasteiger partial charge in [-0.2, -0.15) is 0 Å². The molecule has 1 heterocycles. The van der Waals surface area contributed by atoms with Crippen molar-refractivity contribution in [1.29, 1.82) is 0 Å². The summed E-state index contributed by atoms with van der Waals surface area (Å²) in [6.07, 6.45) is 3.77. The summed E-state index contributed by atoms with van der Waals surface area (Å²) in [5, 5.41) is 3.34. The van der Waals surface area contributed by atoms with Crippen LogP contribution in [0.3, 0.4) is 0 Å². The molecule has 0 aliphatic carbocycles. The van der Waals surface area contributed by atoms with E-state index >= 15 is 0 Å². The number of rotatable bonds is 4. The third-order valence-corrected chi connectivity index (χ3v) is 3.41. The highest BCUT2D eigenvalue weighted by atomic mass is 79.9. The van der Waals surface area contributed by atoms with Gasteiger partial charge in [0, 0.05) is 4.47 Å². The lowest BCUT2D eigenvalue weighted by atomic mass is 10.1. The number of hydrogen-bond acceptors (Lipinski definition) is 2. The summed E-state index contributed by atoms with van der Waals surface area (Å²) in [5.74, 6) is 0. The molecule has 0 saturated carbocycles. The molecule has 16 heavy (non-hydrogen) atoms. The predicted molar refractivity (Wildman–Crippen MR) is 69.7 cm³/mol. The molecule has 0 aromatic heterocycles. The lowest BCUT2D eigenvalue weighted by molar-refractivity contribution is 0.0349. The molecule has 1 fully saturated rings. The van der Waals surface area contributed by atoms with E-state index in [0.717, 1.165) is 43.4 Å². The Bertz CT molecular complexity index is 323. The van der Waals surface area contributed by atoms with Crippen LogP contribution in [-0.2, 0) is 11.2 Å². The minimum Gasteiger partial charge on any atom is -0.378 e. The third-order valence-electron chi connectivity index (χ3n) is 2.92. The van der Waals surface area contributed by atoms with Gasteiger partial charge in [-0.05, 0) is 50.0 Å². The molecule has 2 nitrogen and oxygen atoms in total. The molecule has 0 unspecified atom stereocenters. The van der Waals surface area contributed by atoms with Crippen LogP contribution in [0.1, 0.15) is 18.4 Å². The number of benzene rings is 1. The van der Waals surface area contributed by atoms with Crippen LogP contribution in [0, 0.1) is 0 Å². The van der Waals surface area contributed by atoms with Crippen molar-refractivity contribution in [1.82, 2.24) is 5.32 Å². The zero-order chi connectivity index (χ0) is 11.2. The summed E-state index contributed by atoms with van der Waals surface area (Å²) in [6, 6.07) is 8.43. The second-order valence-corrected chi connectivity index (χ2v) is 5.12. The third kappa shape index (κ3) is 3.89. The Labute approximate surface area is 106 Å². The minimum absolute atomic E-state index is 0.466. The first-order valence-corrected chi connectivity index (χ1v) is 6.70. The minimum atomic E-state index is 0.466. The molecule has 2 rings (SSSR count). The fourth-order valence-corrected chi connectivity index (χ4v) is 2.44. The molecular weight excluding hydrogens is 266 g/mol. The van der Waals surface area contributed by atoms with Crippen molar-refractivity contribution < 1.29 is 4.74 Å². The molecule has 3 heteroatoms. The van der Waals surface area contributed by atoms with E-state index in [4.69, 9.17) is 4.74 Å². The van der Waals surface area contributed by atoms with Crippen molar-refractivity contribution >= 4 is 15.9 Å². The summed E-state index contributed by atoms with van der Waals surface area (Å²) in [4.78, 5) is 0. The van der Waals surface area contributed by atoms with Crippen LogP contribution in [-0.4, -0.2) is 25.8 Å². The second-order valence-electron chi connectivity index (χ2n) is 4.20. The summed E-state index contributed by atoms with van der Waals surface area (Å²) < 4.78 is 7.02. The highest BCUT2D eigenvalue weighted by Gasteiger charge is 2.12. The van der Waals surface area contributed by atoms with Gasteiger partial charge in [0.05, 0.1) is 12.7 Å². The average Bonchev–Trinajstić information content (AvgIpc) is 2.30. The highest BCUT2D eigenvalue weighted by molar-refractivity contribution is 9.10. The van der Waals surface area contributed by atoms with Gasteiger partial charge in [-0.3, -0.25) is 0 Å². The zero-order valence-corrected chi connectivity index (χ0v) is 11.0. The van der Waals surface area contributed by atoms with Crippen LogP contribution in [0.2, 0.25) is 0 Å². The molecule has 88 valence electrons. The van der Waals surface area contributed by atoms with Crippen molar-refractivity contribution in [3.63, 3.8) is 0 Å². The molecular formula is C13H18BrNO. The Morgan fingerprint density at radius 2 is 2.12 bits per heavy atom. The molecule has 1 aromatic carbocycles. The van der Waals surface area contributed by atoms with Crippen LogP contribution >= 0.6 is 15.9 Å². The van der Waals surface area contributed by atoms with Gasteiger partial charge in [-0.25, -0.2) is 0 Å². The summed E-state index contributed by atoms with van der Waals surface area (Å²) in [6.45, 7) is 3.03. The monoisotopic (exact) mass is 283 g/mol. The maximum absolute atomic E-state index is 5.87. The molecule has 0 bridgehead atoms. The van der Waals surface area contributed by atoms with E-state index in [1.807, 2.05) is 0 Å². The second kappa shape index (κ2) is 6.38. The summed E-state index contributed by atoms with van der Waals surface area (Å²) in [7, 11) is 0. The lowest BCUT2D eigenvalue weighted by Gasteiger charge is -2.22. The molecule has 1 saturated heterocycles. The van der Waals surface area contributed by atoms with Crippen LogP contribution < -0.4 is 5.32 Å². The normalized spacial score (nSPS) is 17.6. The molecule has 0 atom stereocenters. The maximum atomic E-state index is 5.87. The Morgan fingerprint density at radius 3 is 2.88 bits per heavy atom. The standard InChI is InChI=1S/C13H18BrNO/c14-12-3-1-2-11(10-12)6-9-16-13-4-7-15-8-5-13/h1-3,10,13,15H,4-9H2. The number of ether oxygens (including phenoxy) is 1. The predicted octanol–water partition coefficient (Wildman–Crippen LogP) is 2.76. The van der Waals surface area contributed by atoms with Crippen LogP contribution in [0.25, 0.3) is 0 Å². The van der Waals surface area contributed by atoms with Gasteiger partial charge in [-0.15, -0.1) is 0 Å². The molecule has 1 aromatic rings. The van der Waals surface area contributed by atoms with Gasteiger partial charge >= 0.3 is 0 Å². The Hall–Kier alpha value is -0.380. The average molecular weight is 284 g/mol. The first kappa shape index (κ1) is 12.1. The quantitative estimate of drug-likeness (QED) is 0.918. The van der Waals surface area contributed by atoms with E-state index in [1.54, 1.807) is 0 Å². The van der Waals surface area contributed by atoms with Gasteiger partial charge in [-0.1, -0.05) is 28.1 Å². The van der Waals surface area contributed by atoms with Gasteiger partial charge in [0.2, 0.25) is 0 Å². The van der Waals surface area contributed by atoms with Crippen molar-refractivity contribution in [3.05, 3.63) is 34.3 Å². The molecule has 0 radical (unpaired) electrons. The SMILES string of the molecule is Brc1cccc(CCOC2CCNCC2)c1. The van der Waals surface area contributed by atoms with E-state index in [9.17, 15) is 0 Å². The van der Waals surface area contributed by atoms with Crippen molar-refractivity contribution in [3.8, 4) is 0 Å². The zero-order valence-electron chi connectivity index (χ0n) is 9.42. The topological polar surface area (TPSA) is 21.3 Å². The summed E-state index contributed by atoms with van der Waals surface area (Å²) >= 11 is 3.48. The largest absolute Gasteiger partial charge is 0.378 e. The van der Waals surface area contributed by atoms with Gasteiger partial charge in [0.1, 0.15) is 0 Å². The smallest absolute Gasteiger partial charge is 0.0599 e. The van der Waals surface area contributed by atoms with Crippen molar-refractivity contribution in [2.75, 3.05) is 19.7 Å². The van der Waals surface area contributed by atoms with E-state index in [2.05, 4.69) is 45.5 Å². The van der Waals surface area contributed by atoms with E-state index in [-0.39, 0.29) is 0 Å². The van der Waals surface area contributed by atoms with Gasteiger partial charge in [0.15, 0.2) is 0 Å². The molecule has 0 spiro atoms. The van der Waals surface area contributed by atoms with Gasteiger partial charge < -0.3 is 10.1 Å². The van der Waals surface area contributed by atoms with Crippen LogP contribution in [0.15, 0.2) is 28.7 Å².